The van der Waals surface area contributed by atoms with E-state index in [4.69, 9.17) is 0 Å². The van der Waals surface area contributed by atoms with Gasteiger partial charge in [0.25, 0.3) is 0 Å². The zero-order valence-corrected chi connectivity index (χ0v) is 8.59. The molecule has 0 saturated heterocycles. The number of aromatic nitrogens is 1. The third-order valence-electron chi connectivity index (χ3n) is 2.63. The van der Waals surface area contributed by atoms with Gasteiger partial charge in [-0.25, -0.2) is 13.2 Å². The van der Waals surface area contributed by atoms with Crippen molar-refractivity contribution in [2.75, 3.05) is 6.67 Å². The summed E-state index contributed by atoms with van der Waals surface area (Å²) < 4.78 is 38.0. The smallest absolute Gasteiger partial charge is 0.160 e. The predicted octanol–water partition coefficient (Wildman–Crippen LogP) is 3.36. The van der Waals surface area contributed by atoms with Crippen molar-refractivity contribution in [1.29, 1.82) is 0 Å². The summed E-state index contributed by atoms with van der Waals surface area (Å²) in [6, 6.07) is 7.37. The minimum atomic E-state index is -2.03. The molecule has 0 saturated carbocycles. The van der Waals surface area contributed by atoms with E-state index < -0.39 is 19.0 Å². The third-order valence-corrected chi connectivity index (χ3v) is 2.63. The number of H-pyrrole nitrogens is 1. The first kappa shape index (κ1) is 11.0. The molecule has 4 heteroatoms. The highest BCUT2D eigenvalue weighted by molar-refractivity contribution is 5.83. The number of hydrogen-bond acceptors (Lipinski definition) is 0. The Morgan fingerprint density at radius 3 is 2.62 bits per heavy atom. The lowest BCUT2D eigenvalue weighted by Gasteiger charge is -2.09. The number of fused-ring (bicyclic) bond motifs is 1. The molecule has 86 valence electrons. The lowest BCUT2D eigenvalue weighted by Crippen LogP contribution is -2.21. The molecular formula is C12H12F3N. The first-order chi connectivity index (χ1) is 7.72. The van der Waals surface area contributed by atoms with Crippen molar-refractivity contribution in [2.45, 2.75) is 18.8 Å². The summed E-state index contributed by atoms with van der Waals surface area (Å²) in [4.78, 5) is 2.97. The molecule has 1 aromatic heterocycles. The minimum Gasteiger partial charge on any atom is -0.361 e. The van der Waals surface area contributed by atoms with E-state index in [0.717, 1.165) is 10.9 Å². The first-order valence-corrected chi connectivity index (χ1v) is 5.11. The molecule has 1 heterocycles. The maximum absolute atomic E-state index is 13.3. The third kappa shape index (κ3) is 2.05. The summed E-state index contributed by atoms with van der Waals surface area (Å²) >= 11 is 0. The lowest BCUT2D eigenvalue weighted by molar-refractivity contribution is 0.137. The molecule has 0 spiro atoms. The Hall–Kier alpha value is -1.45. The normalized spacial score (nSPS) is 15.2. The molecule has 0 fully saturated rings. The van der Waals surface area contributed by atoms with E-state index in [1.807, 2.05) is 24.3 Å². The standard InChI is InChI=1S/C12H12F3N/c13-6-11(15)10(14)5-8-7-16-12-4-2-1-3-9(8)12/h1-4,7,10-11,16H,5-6H2/t10-,11?/m1/s1. The number of nitrogens with one attached hydrogen (secondary N) is 1. The Morgan fingerprint density at radius 1 is 1.12 bits per heavy atom. The maximum atomic E-state index is 13.3. The molecule has 2 rings (SSSR count). The Balaban J connectivity index is 2.21. The van der Waals surface area contributed by atoms with Crippen LogP contribution in [0.25, 0.3) is 10.9 Å². The second kappa shape index (κ2) is 4.60. The van der Waals surface area contributed by atoms with Crippen LogP contribution in [-0.4, -0.2) is 24.0 Å². The molecule has 2 atom stereocenters. The molecule has 1 nitrogen and oxygen atoms in total. The summed E-state index contributed by atoms with van der Waals surface area (Å²) in [5.74, 6) is 0. The van der Waals surface area contributed by atoms with Crippen LogP contribution in [0.3, 0.4) is 0 Å². The zero-order valence-electron chi connectivity index (χ0n) is 8.59. The summed E-state index contributed by atoms with van der Waals surface area (Å²) in [6.45, 7) is -1.27. The van der Waals surface area contributed by atoms with Crippen LogP contribution in [0.4, 0.5) is 13.2 Å². The largest absolute Gasteiger partial charge is 0.361 e. The van der Waals surface area contributed by atoms with Crippen LogP contribution >= 0.6 is 0 Å². The van der Waals surface area contributed by atoms with Crippen LogP contribution < -0.4 is 0 Å². The van der Waals surface area contributed by atoms with Crippen molar-refractivity contribution in [3.05, 3.63) is 36.0 Å². The van der Waals surface area contributed by atoms with Gasteiger partial charge in [0.15, 0.2) is 6.17 Å². The van der Waals surface area contributed by atoms with E-state index in [1.165, 1.54) is 0 Å². The summed E-state index contributed by atoms with van der Waals surface area (Å²) in [7, 11) is 0. The summed E-state index contributed by atoms with van der Waals surface area (Å²) in [5.41, 5.74) is 1.56. The van der Waals surface area contributed by atoms with Gasteiger partial charge in [0.1, 0.15) is 12.8 Å². The Bertz CT molecular complexity index is 466. The molecular weight excluding hydrogens is 215 g/mol. The quantitative estimate of drug-likeness (QED) is 0.824. The average Bonchev–Trinajstić information content (AvgIpc) is 2.72. The average molecular weight is 227 g/mol. The van der Waals surface area contributed by atoms with Gasteiger partial charge in [-0.1, -0.05) is 18.2 Å². The number of rotatable bonds is 4. The van der Waals surface area contributed by atoms with Gasteiger partial charge in [-0.3, -0.25) is 0 Å². The van der Waals surface area contributed by atoms with Gasteiger partial charge in [-0.05, 0) is 11.6 Å². The van der Waals surface area contributed by atoms with E-state index in [1.54, 1.807) is 6.20 Å². The van der Waals surface area contributed by atoms with Crippen molar-refractivity contribution in [2.24, 2.45) is 0 Å². The number of halogens is 3. The molecule has 1 aromatic carbocycles. The second-order valence-corrected chi connectivity index (χ2v) is 3.75. The van der Waals surface area contributed by atoms with E-state index in [2.05, 4.69) is 4.98 Å². The number of benzene rings is 1. The van der Waals surface area contributed by atoms with Gasteiger partial charge in [-0.2, -0.15) is 0 Å². The number of alkyl halides is 3. The molecule has 0 bridgehead atoms. The Morgan fingerprint density at radius 2 is 1.88 bits per heavy atom. The highest BCUT2D eigenvalue weighted by atomic mass is 19.2. The number of para-hydroxylation sites is 1. The van der Waals surface area contributed by atoms with Crippen LogP contribution in [-0.2, 0) is 6.42 Å². The highest BCUT2D eigenvalue weighted by Crippen LogP contribution is 2.21. The number of aromatic amines is 1. The fourth-order valence-corrected chi connectivity index (χ4v) is 1.74. The van der Waals surface area contributed by atoms with E-state index >= 15 is 0 Å². The zero-order chi connectivity index (χ0) is 11.5. The van der Waals surface area contributed by atoms with Gasteiger partial charge in [0.05, 0.1) is 0 Å². The fourth-order valence-electron chi connectivity index (χ4n) is 1.74. The molecule has 1 N–H and O–H groups in total. The SMILES string of the molecule is FCC(F)[C@H](F)Cc1c[nH]c2ccccc12. The molecule has 0 radical (unpaired) electrons. The minimum absolute atomic E-state index is 0.102. The van der Waals surface area contributed by atoms with Gasteiger partial charge in [0.2, 0.25) is 0 Å². The molecule has 0 aliphatic rings. The van der Waals surface area contributed by atoms with Crippen LogP contribution in [0.15, 0.2) is 30.5 Å². The molecule has 0 aliphatic heterocycles. The lowest BCUT2D eigenvalue weighted by atomic mass is 10.1. The van der Waals surface area contributed by atoms with E-state index in [0.29, 0.717) is 5.56 Å². The Kier molecular flexibility index (Phi) is 3.17. The monoisotopic (exact) mass is 227 g/mol. The van der Waals surface area contributed by atoms with Crippen LogP contribution in [0.1, 0.15) is 5.56 Å². The van der Waals surface area contributed by atoms with Crippen LogP contribution in [0.5, 0.6) is 0 Å². The topological polar surface area (TPSA) is 15.8 Å². The van der Waals surface area contributed by atoms with Gasteiger partial charge < -0.3 is 4.98 Å². The van der Waals surface area contributed by atoms with E-state index in [9.17, 15) is 13.2 Å². The van der Waals surface area contributed by atoms with Gasteiger partial charge in [-0.15, -0.1) is 0 Å². The number of hydrogen-bond donors (Lipinski definition) is 1. The summed E-state index contributed by atoms with van der Waals surface area (Å²) in [6.07, 6.45) is -2.28. The van der Waals surface area contributed by atoms with E-state index in [-0.39, 0.29) is 6.42 Å². The van der Waals surface area contributed by atoms with Crippen molar-refractivity contribution in [1.82, 2.24) is 4.98 Å². The van der Waals surface area contributed by atoms with Crippen molar-refractivity contribution < 1.29 is 13.2 Å². The fraction of sp³-hybridized carbons (Fsp3) is 0.333. The maximum Gasteiger partial charge on any atom is 0.160 e. The first-order valence-electron chi connectivity index (χ1n) is 5.11. The van der Waals surface area contributed by atoms with Crippen LogP contribution in [0.2, 0.25) is 0 Å². The van der Waals surface area contributed by atoms with Gasteiger partial charge >= 0.3 is 0 Å². The summed E-state index contributed by atoms with van der Waals surface area (Å²) in [5, 5.41) is 0.858. The molecule has 2 aromatic rings. The predicted molar refractivity (Wildman–Crippen MR) is 57.8 cm³/mol. The van der Waals surface area contributed by atoms with Gasteiger partial charge in [0, 0.05) is 23.5 Å². The van der Waals surface area contributed by atoms with Crippen LogP contribution in [0, 0.1) is 0 Å². The van der Waals surface area contributed by atoms with Crippen molar-refractivity contribution in [3.63, 3.8) is 0 Å². The van der Waals surface area contributed by atoms with Crippen molar-refractivity contribution in [3.8, 4) is 0 Å². The van der Waals surface area contributed by atoms with Crippen molar-refractivity contribution >= 4 is 10.9 Å². The second-order valence-electron chi connectivity index (χ2n) is 3.75. The highest BCUT2D eigenvalue weighted by Gasteiger charge is 2.21. The molecule has 1 unspecified atom stereocenters. The molecule has 16 heavy (non-hydrogen) atoms. The molecule has 0 amide bonds. The molecule has 0 aliphatic carbocycles. The Labute approximate surface area is 91.3 Å².